The molecule has 0 radical (unpaired) electrons. The van der Waals surface area contributed by atoms with Gasteiger partial charge in [-0.15, -0.1) is 0 Å². The molecule has 1 aromatic heterocycles. The summed E-state index contributed by atoms with van der Waals surface area (Å²) in [5.74, 6) is 0.461. The van der Waals surface area contributed by atoms with E-state index in [4.69, 9.17) is 4.74 Å². The van der Waals surface area contributed by atoms with Gasteiger partial charge < -0.3 is 15.0 Å². The number of carbonyl (C=O) groups is 2. The predicted octanol–water partition coefficient (Wildman–Crippen LogP) is 2.13. The topological polar surface area (TPSA) is 84.4 Å². The van der Waals surface area contributed by atoms with Crippen LogP contribution in [0, 0.1) is 0 Å². The molecule has 1 N–H and O–H groups in total. The van der Waals surface area contributed by atoms with E-state index in [2.05, 4.69) is 22.2 Å². The van der Waals surface area contributed by atoms with Crippen LogP contribution in [0.15, 0.2) is 30.4 Å². The molecule has 1 aromatic rings. The predicted molar refractivity (Wildman–Crippen MR) is 90.0 cm³/mol. The van der Waals surface area contributed by atoms with Crippen molar-refractivity contribution in [2.24, 2.45) is 0 Å². The average Bonchev–Trinajstić information content (AvgIpc) is 2.97. The Labute approximate surface area is 142 Å². The maximum Gasteiger partial charge on any atom is 0.251 e. The van der Waals surface area contributed by atoms with Crippen LogP contribution >= 0.6 is 0 Å². The lowest BCUT2D eigenvalue weighted by atomic mass is 9.91. The van der Waals surface area contributed by atoms with E-state index in [1.54, 1.807) is 11.8 Å². The summed E-state index contributed by atoms with van der Waals surface area (Å²) in [4.78, 5) is 34.8. The van der Waals surface area contributed by atoms with E-state index in [1.807, 2.05) is 0 Å². The molecule has 7 nitrogen and oxygen atoms in total. The normalized spacial score (nSPS) is 16.5. The van der Waals surface area contributed by atoms with Crippen molar-refractivity contribution in [3.05, 3.63) is 30.4 Å². The van der Waals surface area contributed by atoms with E-state index < -0.39 is 5.54 Å². The van der Waals surface area contributed by atoms with Crippen molar-refractivity contribution in [2.45, 2.75) is 45.1 Å². The highest BCUT2D eigenvalue weighted by molar-refractivity contribution is 6.02. The summed E-state index contributed by atoms with van der Waals surface area (Å²) in [5.41, 5.74) is -0.972. The van der Waals surface area contributed by atoms with Crippen LogP contribution < -0.4 is 5.32 Å². The number of aromatic nitrogens is 2. The van der Waals surface area contributed by atoms with Crippen LogP contribution in [0.3, 0.4) is 0 Å². The minimum absolute atomic E-state index is 0.208. The fraction of sp³-hybridized carbons (Fsp3) is 0.529. The maximum absolute atomic E-state index is 12.9. The summed E-state index contributed by atoms with van der Waals surface area (Å²) in [6, 6.07) is 0. The first-order valence-corrected chi connectivity index (χ1v) is 8.15. The lowest BCUT2D eigenvalue weighted by Gasteiger charge is -2.37. The number of rotatable bonds is 8. The smallest absolute Gasteiger partial charge is 0.251 e. The number of ether oxygens (including phenoxy) is 1. The van der Waals surface area contributed by atoms with Gasteiger partial charge in [0, 0.05) is 18.5 Å². The third kappa shape index (κ3) is 3.90. The van der Waals surface area contributed by atoms with Crippen molar-refractivity contribution in [3.8, 4) is 0 Å². The molecule has 7 heteroatoms. The Morgan fingerprint density at radius 2 is 2.21 bits per heavy atom. The van der Waals surface area contributed by atoms with Crippen LogP contribution in [0.25, 0.3) is 0 Å². The van der Waals surface area contributed by atoms with Crippen LogP contribution in [-0.2, 0) is 14.3 Å². The number of nitrogens with one attached hydrogen (secondary N) is 1. The number of hydrogen-bond acceptors (Lipinski definition) is 5. The van der Waals surface area contributed by atoms with E-state index in [-0.39, 0.29) is 11.8 Å². The van der Waals surface area contributed by atoms with Crippen molar-refractivity contribution >= 4 is 17.6 Å². The lowest BCUT2D eigenvalue weighted by Crippen LogP contribution is -2.55. The van der Waals surface area contributed by atoms with Gasteiger partial charge in [0.25, 0.3) is 11.8 Å². The Hall–Kier alpha value is -2.44. The zero-order valence-corrected chi connectivity index (χ0v) is 14.4. The molecule has 2 rings (SSSR count). The molecule has 0 spiro atoms. The first kappa shape index (κ1) is 17.9. The van der Waals surface area contributed by atoms with Crippen molar-refractivity contribution in [1.82, 2.24) is 14.9 Å². The summed E-state index contributed by atoms with van der Waals surface area (Å²) in [7, 11) is 1.52. The van der Waals surface area contributed by atoms with Gasteiger partial charge in [-0.05, 0) is 13.3 Å². The molecule has 1 unspecified atom stereocenters. The summed E-state index contributed by atoms with van der Waals surface area (Å²) >= 11 is 0. The van der Waals surface area contributed by atoms with Crippen LogP contribution in [-0.4, -0.2) is 45.9 Å². The van der Waals surface area contributed by atoms with Crippen molar-refractivity contribution < 1.29 is 14.3 Å². The van der Waals surface area contributed by atoms with E-state index in [1.165, 1.54) is 31.8 Å². The van der Waals surface area contributed by atoms with Gasteiger partial charge in [-0.3, -0.25) is 14.6 Å². The molecule has 2 heterocycles. The van der Waals surface area contributed by atoms with Gasteiger partial charge in [-0.1, -0.05) is 26.2 Å². The van der Waals surface area contributed by atoms with Gasteiger partial charge in [-0.25, -0.2) is 4.98 Å². The highest BCUT2D eigenvalue weighted by atomic mass is 16.5. The molecule has 0 saturated carbocycles. The van der Waals surface area contributed by atoms with Gasteiger partial charge in [0.05, 0.1) is 19.9 Å². The number of unbranched alkanes of at least 4 members (excludes halogenated alkanes) is 2. The Morgan fingerprint density at radius 1 is 1.42 bits per heavy atom. The van der Waals surface area contributed by atoms with Crippen LogP contribution in [0.4, 0.5) is 5.82 Å². The molecule has 1 atom stereocenters. The Bertz CT molecular complexity index is 618. The second kappa shape index (κ2) is 7.90. The van der Waals surface area contributed by atoms with Gasteiger partial charge in [0.1, 0.15) is 11.3 Å². The van der Waals surface area contributed by atoms with Crippen LogP contribution in [0.5, 0.6) is 0 Å². The molecule has 0 fully saturated rings. The van der Waals surface area contributed by atoms with Gasteiger partial charge in [-0.2, -0.15) is 0 Å². The molecule has 2 amide bonds. The summed E-state index contributed by atoms with van der Waals surface area (Å²) in [6.45, 7) is 4.19. The lowest BCUT2D eigenvalue weighted by molar-refractivity contribution is -0.140. The molecule has 0 bridgehead atoms. The second-order valence-electron chi connectivity index (χ2n) is 6.01. The van der Waals surface area contributed by atoms with E-state index in [0.717, 1.165) is 19.3 Å². The first-order valence-electron chi connectivity index (χ1n) is 8.15. The van der Waals surface area contributed by atoms with Crippen LogP contribution in [0.2, 0.25) is 0 Å². The highest BCUT2D eigenvalue weighted by Gasteiger charge is 2.44. The van der Waals surface area contributed by atoms with E-state index >= 15 is 0 Å². The summed E-state index contributed by atoms with van der Waals surface area (Å²) < 4.78 is 5.18. The maximum atomic E-state index is 12.9. The number of amides is 2. The molecule has 1 aliphatic rings. The van der Waals surface area contributed by atoms with E-state index in [0.29, 0.717) is 24.5 Å². The molecular weight excluding hydrogens is 308 g/mol. The molecule has 0 aliphatic carbocycles. The SMILES string of the molecule is CCCCCC(C)(C(=O)Nc1cnccn1)N1CC(OC)=CC1=O. The van der Waals surface area contributed by atoms with Crippen molar-refractivity contribution in [1.29, 1.82) is 0 Å². The summed E-state index contributed by atoms with van der Waals surface area (Å²) in [5, 5.41) is 2.77. The van der Waals surface area contributed by atoms with Gasteiger partial charge in [0.2, 0.25) is 0 Å². The monoisotopic (exact) mass is 332 g/mol. The van der Waals surface area contributed by atoms with Gasteiger partial charge in [0.15, 0.2) is 5.82 Å². The number of anilines is 1. The zero-order valence-electron chi connectivity index (χ0n) is 14.4. The fourth-order valence-corrected chi connectivity index (χ4v) is 2.74. The Morgan fingerprint density at radius 3 is 2.79 bits per heavy atom. The number of carbonyl (C=O) groups excluding carboxylic acids is 2. The Balaban J connectivity index is 2.19. The first-order chi connectivity index (χ1) is 11.5. The minimum atomic E-state index is -0.972. The largest absolute Gasteiger partial charge is 0.499 e. The average molecular weight is 332 g/mol. The molecular formula is C17H24N4O3. The third-order valence-corrected chi connectivity index (χ3v) is 4.28. The van der Waals surface area contributed by atoms with E-state index in [9.17, 15) is 9.59 Å². The van der Waals surface area contributed by atoms with Crippen LogP contribution in [0.1, 0.15) is 39.5 Å². The molecule has 0 aromatic carbocycles. The Kier molecular flexibility index (Phi) is 5.89. The van der Waals surface area contributed by atoms with Crippen molar-refractivity contribution in [3.63, 3.8) is 0 Å². The molecule has 130 valence electrons. The number of methoxy groups -OCH3 is 1. The summed E-state index contributed by atoms with van der Waals surface area (Å²) in [6.07, 6.45) is 9.43. The standard InChI is InChI=1S/C17H24N4O3/c1-4-5-6-7-17(2,21-12-13(24-3)10-15(21)22)16(23)20-14-11-18-8-9-19-14/h8-11H,4-7,12H2,1-3H3,(H,19,20,23). The fourth-order valence-electron chi connectivity index (χ4n) is 2.74. The minimum Gasteiger partial charge on any atom is -0.499 e. The second-order valence-corrected chi connectivity index (χ2v) is 6.01. The van der Waals surface area contributed by atoms with Gasteiger partial charge >= 0.3 is 0 Å². The molecule has 1 aliphatic heterocycles. The zero-order chi connectivity index (χ0) is 17.6. The highest BCUT2D eigenvalue weighted by Crippen LogP contribution is 2.29. The number of hydrogen-bond donors (Lipinski definition) is 1. The quantitative estimate of drug-likeness (QED) is 0.737. The number of nitrogens with zero attached hydrogens (tertiary/aromatic N) is 3. The third-order valence-electron chi connectivity index (χ3n) is 4.28. The van der Waals surface area contributed by atoms with Crippen molar-refractivity contribution in [2.75, 3.05) is 19.0 Å². The molecule has 0 saturated heterocycles. The molecule has 24 heavy (non-hydrogen) atoms.